The molecule has 2 aromatic rings. The minimum atomic E-state index is -0.112. The van der Waals surface area contributed by atoms with Crippen LogP contribution in [0.25, 0.3) is 5.69 Å². The number of amidine groups is 1. The number of nitrogens with two attached hydrogens (primary N) is 1. The van der Waals surface area contributed by atoms with Gasteiger partial charge in [0.15, 0.2) is 11.6 Å². The average Bonchev–Trinajstić information content (AvgIpc) is 3.03. The van der Waals surface area contributed by atoms with Gasteiger partial charge in [-0.3, -0.25) is 4.79 Å². The summed E-state index contributed by atoms with van der Waals surface area (Å²) in [6, 6.07) is 5.32. The van der Waals surface area contributed by atoms with Crippen molar-refractivity contribution in [3.8, 4) is 11.4 Å². The Morgan fingerprint density at radius 2 is 2.19 bits per heavy atom. The molecule has 0 saturated carbocycles. The fourth-order valence-electron chi connectivity index (χ4n) is 3.38. The molecule has 7 heteroatoms. The SMILES string of the molecule is CCCCOc1cc(/C(N)=N/O)ccc1-n1ncc2c1CC(C)(C)CC2=O. The number of nitrogens with zero attached hydrogens (tertiary/aromatic N) is 3. The minimum Gasteiger partial charge on any atom is -0.491 e. The largest absolute Gasteiger partial charge is 0.491 e. The number of rotatable bonds is 6. The first-order chi connectivity index (χ1) is 12.9. The predicted octanol–water partition coefficient (Wildman–Crippen LogP) is 3.30. The van der Waals surface area contributed by atoms with Gasteiger partial charge in [0.1, 0.15) is 11.4 Å². The van der Waals surface area contributed by atoms with Crippen LogP contribution in [0.1, 0.15) is 61.6 Å². The van der Waals surface area contributed by atoms with E-state index in [-0.39, 0.29) is 17.0 Å². The first kappa shape index (κ1) is 18.9. The molecule has 1 aliphatic rings. The van der Waals surface area contributed by atoms with E-state index < -0.39 is 0 Å². The normalized spacial score (nSPS) is 16.3. The molecular weight excluding hydrogens is 344 g/mol. The number of ketones is 1. The van der Waals surface area contributed by atoms with Gasteiger partial charge in [0.25, 0.3) is 0 Å². The zero-order chi connectivity index (χ0) is 19.6. The summed E-state index contributed by atoms with van der Waals surface area (Å²) in [6.07, 6.45) is 4.84. The van der Waals surface area contributed by atoms with Gasteiger partial charge in [-0.1, -0.05) is 32.3 Å². The molecule has 0 fully saturated rings. The van der Waals surface area contributed by atoms with Gasteiger partial charge in [0.2, 0.25) is 0 Å². The van der Waals surface area contributed by atoms with Crippen LogP contribution in [0.15, 0.2) is 29.6 Å². The number of ether oxygens (including phenoxy) is 1. The van der Waals surface area contributed by atoms with Crippen LogP contribution in [-0.2, 0) is 6.42 Å². The molecule has 1 aromatic carbocycles. The lowest BCUT2D eigenvalue weighted by Crippen LogP contribution is -2.28. The second-order valence-corrected chi connectivity index (χ2v) is 7.73. The molecule has 27 heavy (non-hydrogen) atoms. The molecule has 7 nitrogen and oxygen atoms in total. The number of fused-ring (bicyclic) bond motifs is 1. The van der Waals surface area contributed by atoms with E-state index in [1.807, 2.05) is 6.07 Å². The highest BCUT2D eigenvalue weighted by atomic mass is 16.5. The maximum atomic E-state index is 12.5. The average molecular weight is 370 g/mol. The third-order valence-electron chi connectivity index (χ3n) is 4.80. The van der Waals surface area contributed by atoms with Gasteiger partial charge in [0.05, 0.1) is 24.1 Å². The van der Waals surface area contributed by atoms with Crippen molar-refractivity contribution < 1.29 is 14.7 Å². The Labute approximate surface area is 158 Å². The van der Waals surface area contributed by atoms with Gasteiger partial charge in [-0.2, -0.15) is 5.10 Å². The summed E-state index contributed by atoms with van der Waals surface area (Å²) in [6.45, 7) is 6.82. The van der Waals surface area contributed by atoms with Crippen molar-refractivity contribution in [2.45, 2.75) is 46.5 Å². The lowest BCUT2D eigenvalue weighted by Gasteiger charge is -2.29. The molecule has 0 amide bonds. The van der Waals surface area contributed by atoms with E-state index >= 15 is 0 Å². The Hall–Kier alpha value is -2.83. The Bertz CT molecular complexity index is 883. The third kappa shape index (κ3) is 3.82. The van der Waals surface area contributed by atoms with Crippen molar-refractivity contribution in [3.63, 3.8) is 0 Å². The first-order valence-electron chi connectivity index (χ1n) is 9.21. The zero-order valence-electron chi connectivity index (χ0n) is 16.0. The van der Waals surface area contributed by atoms with Crippen molar-refractivity contribution >= 4 is 11.6 Å². The minimum absolute atomic E-state index is 0.0145. The molecule has 0 bridgehead atoms. The topological polar surface area (TPSA) is 103 Å². The van der Waals surface area contributed by atoms with E-state index in [0.717, 1.165) is 30.6 Å². The summed E-state index contributed by atoms with van der Waals surface area (Å²) in [4.78, 5) is 12.5. The maximum absolute atomic E-state index is 12.5. The lowest BCUT2D eigenvalue weighted by atomic mass is 9.76. The Kier molecular flexibility index (Phi) is 5.21. The number of carbonyl (C=O) groups excluding carboxylic acids is 1. The molecule has 0 atom stereocenters. The quantitative estimate of drug-likeness (QED) is 0.267. The number of aromatic nitrogens is 2. The van der Waals surface area contributed by atoms with Crippen LogP contribution < -0.4 is 10.5 Å². The fraction of sp³-hybridized carbons (Fsp3) is 0.450. The van der Waals surface area contributed by atoms with Crippen LogP contribution in [0.3, 0.4) is 0 Å². The summed E-state index contributed by atoms with van der Waals surface area (Å²) in [5.41, 5.74) is 8.49. The number of Topliss-reactive ketones (excluding diaryl/α,β-unsaturated/α-hetero) is 1. The lowest BCUT2D eigenvalue weighted by molar-refractivity contribution is 0.0911. The maximum Gasteiger partial charge on any atom is 0.170 e. The number of benzene rings is 1. The van der Waals surface area contributed by atoms with E-state index in [0.29, 0.717) is 29.9 Å². The van der Waals surface area contributed by atoms with Crippen molar-refractivity contribution in [2.24, 2.45) is 16.3 Å². The molecule has 3 N–H and O–H groups in total. The van der Waals surface area contributed by atoms with E-state index in [2.05, 4.69) is 31.0 Å². The molecule has 0 spiro atoms. The second kappa shape index (κ2) is 7.42. The molecule has 1 aromatic heterocycles. The summed E-state index contributed by atoms with van der Waals surface area (Å²) >= 11 is 0. The second-order valence-electron chi connectivity index (χ2n) is 7.73. The van der Waals surface area contributed by atoms with Crippen molar-refractivity contribution in [1.82, 2.24) is 9.78 Å². The molecule has 1 aliphatic carbocycles. The fourth-order valence-corrected chi connectivity index (χ4v) is 3.38. The molecule has 0 radical (unpaired) electrons. The summed E-state index contributed by atoms with van der Waals surface area (Å²) in [5, 5.41) is 16.5. The van der Waals surface area contributed by atoms with E-state index in [9.17, 15) is 4.79 Å². The van der Waals surface area contributed by atoms with Crippen molar-refractivity contribution in [3.05, 3.63) is 41.2 Å². The number of hydrogen-bond donors (Lipinski definition) is 2. The predicted molar refractivity (Wildman–Crippen MR) is 103 cm³/mol. The molecule has 3 rings (SSSR count). The van der Waals surface area contributed by atoms with Gasteiger partial charge in [-0.25, -0.2) is 4.68 Å². The van der Waals surface area contributed by atoms with E-state index in [1.54, 1.807) is 23.0 Å². The van der Waals surface area contributed by atoms with Crippen LogP contribution >= 0.6 is 0 Å². The van der Waals surface area contributed by atoms with Gasteiger partial charge in [0, 0.05) is 12.0 Å². The van der Waals surface area contributed by atoms with Crippen LogP contribution in [0.2, 0.25) is 0 Å². The van der Waals surface area contributed by atoms with Crippen LogP contribution in [0.5, 0.6) is 5.75 Å². The van der Waals surface area contributed by atoms with Crippen LogP contribution in [-0.4, -0.2) is 33.2 Å². The van der Waals surface area contributed by atoms with Crippen LogP contribution in [0, 0.1) is 5.41 Å². The summed E-state index contributed by atoms with van der Waals surface area (Å²) in [5.74, 6) is 0.726. The molecule has 0 unspecified atom stereocenters. The van der Waals surface area contributed by atoms with Gasteiger partial charge >= 0.3 is 0 Å². The number of carbonyl (C=O) groups is 1. The molecule has 0 saturated heterocycles. The van der Waals surface area contributed by atoms with Gasteiger partial charge in [-0.05, 0) is 36.5 Å². The van der Waals surface area contributed by atoms with Gasteiger partial charge < -0.3 is 15.7 Å². The van der Waals surface area contributed by atoms with Gasteiger partial charge in [-0.15, -0.1) is 0 Å². The Balaban J connectivity index is 2.07. The highest BCUT2D eigenvalue weighted by Crippen LogP contribution is 2.37. The van der Waals surface area contributed by atoms with Crippen LogP contribution in [0.4, 0.5) is 0 Å². The highest BCUT2D eigenvalue weighted by molar-refractivity contribution is 5.99. The molecule has 0 aliphatic heterocycles. The highest BCUT2D eigenvalue weighted by Gasteiger charge is 2.34. The monoisotopic (exact) mass is 370 g/mol. The third-order valence-corrected chi connectivity index (χ3v) is 4.80. The molecule has 1 heterocycles. The van der Waals surface area contributed by atoms with E-state index in [4.69, 9.17) is 15.7 Å². The summed E-state index contributed by atoms with van der Waals surface area (Å²) < 4.78 is 7.75. The molecular formula is C20H26N4O3. The summed E-state index contributed by atoms with van der Waals surface area (Å²) in [7, 11) is 0. The van der Waals surface area contributed by atoms with Crippen molar-refractivity contribution in [2.75, 3.05) is 6.61 Å². The number of oxime groups is 1. The zero-order valence-corrected chi connectivity index (χ0v) is 16.0. The first-order valence-corrected chi connectivity index (χ1v) is 9.21. The standard InChI is InChI=1S/C20H26N4O3/c1-4-5-8-27-18-9-13(19(21)23-26)6-7-15(18)24-16-10-20(2,3)11-17(25)14(16)12-22-24/h6-7,9,12,26H,4-5,8,10-11H2,1-3H3,(H2,21,23). The smallest absolute Gasteiger partial charge is 0.170 e. The molecule has 144 valence electrons. The van der Waals surface area contributed by atoms with E-state index in [1.165, 1.54) is 0 Å². The Morgan fingerprint density at radius 3 is 2.89 bits per heavy atom. The van der Waals surface area contributed by atoms with Crippen molar-refractivity contribution in [1.29, 1.82) is 0 Å². The number of unbranched alkanes of at least 4 members (excludes halogenated alkanes) is 1. The Morgan fingerprint density at radius 1 is 1.41 bits per heavy atom. The number of hydrogen-bond acceptors (Lipinski definition) is 5.